The monoisotopic (exact) mass is 227 g/mol. The summed E-state index contributed by atoms with van der Waals surface area (Å²) < 4.78 is 5.97. The molecule has 2 heteroatoms. The first kappa shape index (κ1) is 14.0. The van der Waals surface area contributed by atoms with Gasteiger partial charge in [0.1, 0.15) is 0 Å². The summed E-state index contributed by atoms with van der Waals surface area (Å²) in [4.78, 5) is 0. The molecule has 96 valence electrons. The first-order valence-electron chi connectivity index (χ1n) is 6.58. The molecule has 1 rings (SSSR count). The second-order valence-electron chi connectivity index (χ2n) is 6.56. The summed E-state index contributed by atoms with van der Waals surface area (Å²) in [5, 5.41) is 3.50. The Bertz CT molecular complexity index is 221. The van der Waals surface area contributed by atoms with Crippen LogP contribution in [0, 0.1) is 11.3 Å². The van der Waals surface area contributed by atoms with Crippen molar-refractivity contribution in [3.05, 3.63) is 0 Å². The van der Waals surface area contributed by atoms with Crippen LogP contribution in [0.4, 0.5) is 0 Å². The topological polar surface area (TPSA) is 21.3 Å². The summed E-state index contributed by atoms with van der Waals surface area (Å²) in [5.41, 5.74) is 0.270. The van der Waals surface area contributed by atoms with Crippen molar-refractivity contribution in [2.75, 3.05) is 14.2 Å². The highest BCUT2D eigenvalue weighted by Crippen LogP contribution is 2.42. The van der Waals surface area contributed by atoms with Crippen molar-refractivity contribution >= 4 is 0 Å². The van der Waals surface area contributed by atoms with Crippen molar-refractivity contribution in [1.29, 1.82) is 0 Å². The fourth-order valence-electron chi connectivity index (χ4n) is 3.59. The lowest BCUT2D eigenvalue weighted by Crippen LogP contribution is -2.59. The van der Waals surface area contributed by atoms with Crippen molar-refractivity contribution < 1.29 is 4.74 Å². The summed E-state index contributed by atoms with van der Waals surface area (Å²) in [6.07, 6.45) is 5.03. The van der Waals surface area contributed by atoms with Gasteiger partial charge in [-0.3, -0.25) is 0 Å². The second kappa shape index (κ2) is 5.05. The standard InChI is InChI=1S/C14H29NO/c1-11-8-7-9-14(10-11,16-6)12(15-5)13(2,3)4/h11-12,15H,7-10H2,1-6H3. The number of hydrogen-bond acceptors (Lipinski definition) is 2. The zero-order chi connectivity index (χ0) is 12.4. The molecule has 0 amide bonds. The van der Waals surface area contributed by atoms with Gasteiger partial charge in [0.15, 0.2) is 0 Å². The van der Waals surface area contributed by atoms with Crippen molar-refractivity contribution in [2.45, 2.75) is 65.0 Å². The maximum atomic E-state index is 5.97. The Kier molecular flexibility index (Phi) is 4.42. The normalized spacial score (nSPS) is 33.8. The van der Waals surface area contributed by atoms with Crippen LogP contribution in [0.25, 0.3) is 0 Å². The largest absolute Gasteiger partial charge is 0.377 e. The number of methoxy groups -OCH3 is 1. The molecular weight excluding hydrogens is 198 g/mol. The molecule has 0 heterocycles. The molecule has 0 aromatic carbocycles. The zero-order valence-corrected chi connectivity index (χ0v) is 11.9. The number of rotatable bonds is 3. The quantitative estimate of drug-likeness (QED) is 0.799. The van der Waals surface area contributed by atoms with Crippen LogP contribution in [0.5, 0.6) is 0 Å². The highest BCUT2D eigenvalue weighted by atomic mass is 16.5. The van der Waals surface area contributed by atoms with Gasteiger partial charge in [-0.05, 0) is 31.2 Å². The Balaban J connectivity index is 2.92. The molecule has 0 spiro atoms. The van der Waals surface area contributed by atoms with E-state index in [1.54, 1.807) is 0 Å². The molecule has 3 unspecified atom stereocenters. The van der Waals surface area contributed by atoms with E-state index in [1.807, 2.05) is 7.11 Å². The van der Waals surface area contributed by atoms with Gasteiger partial charge in [-0.15, -0.1) is 0 Å². The lowest BCUT2D eigenvalue weighted by molar-refractivity contribution is -0.102. The Morgan fingerprint density at radius 3 is 2.38 bits per heavy atom. The van der Waals surface area contributed by atoms with E-state index in [0.717, 1.165) is 5.92 Å². The molecule has 1 N–H and O–H groups in total. The SMILES string of the molecule is CNC(C(C)(C)C)C1(OC)CCCC(C)C1. The van der Waals surface area contributed by atoms with Crippen LogP contribution < -0.4 is 5.32 Å². The van der Waals surface area contributed by atoms with Crippen LogP contribution in [-0.4, -0.2) is 25.8 Å². The third-order valence-corrected chi connectivity index (χ3v) is 4.08. The molecule has 2 nitrogen and oxygen atoms in total. The second-order valence-corrected chi connectivity index (χ2v) is 6.56. The van der Waals surface area contributed by atoms with Gasteiger partial charge < -0.3 is 10.1 Å². The Hall–Kier alpha value is -0.0800. The Labute approximate surface area is 101 Å². The molecule has 0 aliphatic heterocycles. The van der Waals surface area contributed by atoms with Gasteiger partial charge >= 0.3 is 0 Å². The van der Waals surface area contributed by atoms with Crippen LogP contribution in [0.2, 0.25) is 0 Å². The minimum Gasteiger partial charge on any atom is -0.377 e. The van der Waals surface area contributed by atoms with E-state index >= 15 is 0 Å². The predicted molar refractivity (Wildman–Crippen MR) is 69.7 cm³/mol. The maximum absolute atomic E-state index is 5.97. The molecule has 0 saturated heterocycles. The third-order valence-electron chi connectivity index (χ3n) is 4.08. The maximum Gasteiger partial charge on any atom is 0.0838 e. The van der Waals surface area contributed by atoms with E-state index in [0.29, 0.717) is 6.04 Å². The lowest BCUT2D eigenvalue weighted by atomic mass is 9.67. The first-order chi connectivity index (χ1) is 7.35. The van der Waals surface area contributed by atoms with Crippen molar-refractivity contribution in [1.82, 2.24) is 5.32 Å². The zero-order valence-electron chi connectivity index (χ0n) is 11.9. The van der Waals surface area contributed by atoms with Gasteiger partial charge in [-0.2, -0.15) is 0 Å². The average Bonchev–Trinajstić information content (AvgIpc) is 2.16. The van der Waals surface area contributed by atoms with E-state index in [2.05, 4.69) is 40.1 Å². The minimum absolute atomic E-state index is 0.0324. The Morgan fingerprint density at radius 1 is 1.38 bits per heavy atom. The molecule has 16 heavy (non-hydrogen) atoms. The van der Waals surface area contributed by atoms with Crippen LogP contribution in [0.1, 0.15) is 53.4 Å². The van der Waals surface area contributed by atoms with E-state index in [-0.39, 0.29) is 11.0 Å². The Morgan fingerprint density at radius 2 is 2.00 bits per heavy atom. The molecule has 0 aromatic heterocycles. The first-order valence-corrected chi connectivity index (χ1v) is 6.58. The molecule has 0 bridgehead atoms. The van der Waals surface area contributed by atoms with E-state index < -0.39 is 0 Å². The molecule has 3 atom stereocenters. The molecule has 1 aliphatic carbocycles. The van der Waals surface area contributed by atoms with Crippen molar-refractivity contribution in [3.63, 3.8) is 0 Å². The highest BCUT2D eigenvalue weighted by Gasteiger charge is 2.46. The van der Waals surface area contributed by atoms with Crippen LogP contribution in [-0.2, 0) is 4.74 Å². The molecule has 1 aliphatic rings. The van der Waals surface area contributed by atoms with Gasteiger partial charge in [0.05, 0.1) is 5.60 Å². The van der Waals surface area contributed by atoms with Crippen LogP contribution in [0.15, 0.2) is 0 Å². The van der Waals surface area contributed by atoms with Gasteiger partial charge in [-0.25, -0.2) is 0 Å². The van der Waals surface area contributed by atoms with Crippen molar-refractivity contribution in [2.24, 2.45) is 11.3 Å². The summed E-state index contributed by atoms with van der Waals surface area (Å²) in [6, 6.07) is 0.424. The summed E-state index contributed by atoms with van der Waals surface area (Å²) >= 11 is 0. The number of nitrogens with one attached hydrogen (secondary N) is 1. The summed E-state index contributed by atoms with van der Waals surface area (Å²) in [7, 11) is 3.95. The minimum atomic E-state index is 0.0324. The third kappa shape index (κ3) is 2.78. The molecule has 1 saturated carbocycles. The molecule has 0 aromatic rings. The number of ether oxygens (including phenoxy) is 1. The van der Waals surface area contributed by atoms with Gasteiger partial charge in [0.25, 0.3) is 0 Å². The van der Waals surface area contributed by atoms with Gasteiger partial charge in [0.2, 0.25) is 0 Å². The fourth-order valence-corrected chi connectivity index (χ4v) is 3.59. The smallest absolute Gasteiger partial charge is 0.0838 e. The molecule has 1 fully saturated rings. The number of hydrogen-bond donors (Lipinski definition) is 1. The van der Waals surface area contributed by atoms with E-state index in [9.17, 15) is 0 Å². The van der Waals surface area contributed by atoms with E-state index in [4.69, 9.17) is 4.74 Å². The molecular formula is C14H29NO. The molecule has 0 radical (unpaired) electrons. The predicted octanol–water partition coefficient (Wildman–Crippen LogP) is 3.22. The number of likely N-dealkylation sites (N-methyl/N-ethyl adjacent to an activating group) is 1. The van der Waals surface area contributed by atoms with Gasteiger partial charge in [-0.1, -0.05) is 40.5 Å². The summed E-state index contributed by atoms with van der Waals surface area (Å²) in [6.45, 7) is 9.25. The average molecular weight is 227 g/mol. The van der Waals surface area contributed by atoms with Crippen molar-refractivity contribution in [3.8, 4) is 0 Å². The highest BCUT2D eigenvalue weighted by molar-refractivity contribution is 5.01. The van der Waals surface area contributed by atoms with Crippen LogP contribution >= 0.6 is 0 Å². The van der Waals surface area contributed by atoms with E-state index in [1.165, 1.54) is 25.7 Å². The van der Waals surface area contributed by atoms with Gasteiger partial charge in [0, 0.05) is 13.2 Å². The van der Waals surface area contributed by atoms with Crippen LogP contribution in [0.3, 0.4) is 0 Å². The summed E-state index contributed by atoms with van der Waals surface area (Å²) in [5.74, 6) is 0.784. The lowest BCUT2D eigenvalue weighted by Gasteiger charge is -2.49. The fraction of sp³-hybridized carbons (Fsp3) is 1.00.